The fourth-order valence-corrected chi connectivity index (χ4v) is 1.18. The summed E-state index contributed by atoms with van der Waals surface area (Å²) >= 11 is 0. The molecule has 5 heteroatoms. The molecule has 0 aliphatic heterocycles. The van der Waals surface area contributed by atoms with Gasteiger partial charge in [0.1, 0.15) is 11.8 Å². The molecular formula is C12H16N2O3. The van der Waals surface area contributed by atoms with Crippen LogP contribution in [0.3, 0.4) is 0 Å². The second-order valence-corrected chi connectivity index (χ2v) is 3.32. The van der Waals surface area contributed by atoms with Crippen LogP contribution < -0.4 is 0 Å². The molecule has 0 aliphatic carbocycles. The Morgan fingerprint density at radius 2 is 2.00 bits per heavy atom. The molecule has 0 saturated carbocycles. The summed E-state index contributed by atoms with van der Waals surface area (Å²) in [5.41, 5.74) is 1.34. The van der Waals surface area contributed by atoms with Crippen LogP contribution in [0.25, 0.3) is 0 Å². The van der Waals surface area contributed by atoms with Gasteiger partial charge in [-0.25, -0.2) is 4.98 Å². The molecule has 1 rings (SSSR count). The van der Waals surface area contributed by atoms with E-state index in [1.165, 1.54) is 0 Å². The van der Waals surface area contributed by atoms with Gasteiger partial charge >= 0.3 is 0 Å². The quantitative estimate of drug-likeness (QED) is 0.633. The van der Waals surface area contributed by atoms with Crippen LogP contribution >= 0.6 is 0 Å². The largest absolute Gasteiger partial charge is 0.382 e. The highest BCUT2D eigenvalue weighted by Crippen LogP contribution is 2.02. The molecule has 92 valence electrons. The number of pyridine rings is 1. The van der Waals surface area contributed by atoms with E-state index >= 15 is 0 Å². The van der Waals surface area contributed by atoms with Crippen molar-refractivity contribution < 1.29 is 14.2 Å². The van der Waals surface area contributed by atoms with E-state index in [4.69, 9.17) is 19.5 Å². The number of hydrogen-bond acceptors (Lipinski definition) is 5. The highest BCUT2D eigenvalue weighted by molar-refractivity contribution is 5.24. The molecule has 0 unspecified atom stereocenters. The summed E-state index contributed by atoms with van der Waals surface area (Å²) in [6.07, 6.45) is 1.60. The average molecular weight is 236 g/mol. The number of nitrogens with zero attached hydrogens (tertiary/aromatic N) is 2. The SMILES string of the molecule is COCCOCCOCc1ccnc(C#N)c1. The van der Waals surface area contributed by atoms with Gasteiger partial charge in [-0.15, -0.1) is 0 Å². The standard InChI is InChI=1S/C12H16N2O3/c1-15-4-5-16-6-7-17-10-11-2-3-14-12(8-11)9-13/h2-3,8H,4-7,10H2,1H3. The topological polar surface area (TPSA) is 64.4 Å². The molecule has 17 heavy (non-hydrogen) atoms. The maximum atomic E-state index is 8.67. The van der Waals surface area contributed by atoms with Gasteiger partial charge in [0.25, 0.3) is 0 Å². The van der Waals surface area contributed by atoms with E-state index in [-0.39, 0.29) is 0 Å². The van der Waals surface area contributed by atoms with E-state index in [2.05, 4.69) is 4.98 Å². The van der Waals surface area contributed by atoms with Crippen LogP contribution in [0.5, 0.6) is 0 Å². The van der Waals surface area contributed by atoms with Gasteiger partial charge in [0.05, 0.1) is 33.0 Å². The monoisotopic (exact) mass is 236 g/mol. The van der Waals surface area contributed by atoms with Crippen molar-refractivity contribution in [2.75, 3.05) is 33.5 Å². The Morgan fingerprint density at radius 3 is 2.76 bits per heavy atom. The lowest BCUT2D eigenvalue weighted by atomic mass is 10.2. The van der Waals surface area contributed by atoms with Crippen LogP contribution in [0, 0.1) is 11.3 Å². The molecule has 0 N–H and O–H groups in total. The van der Waals surface area contributed by atoms with E-state index in [1.807, 2.05) is 12.1 Å². The molecule has 0 aromatic carbocycles. The average Bonchev–Trinajstić information content (AvgIpc) is 2.38. The van der Waals surface area contributed by atoms with Gasteiger partial charge in [-0.3, -0.25) is 0 Å². The van der Waals surface area contributed by atoms with Gasteiger partial charge in [-0.1, -0.05) is 0 Å². The third-order valence-electron chi connectivity index (χ3n) is 2.01. The van der Waals surface area contributed by atoms with Gasteiger partial charge in [0, 0.05) is 13.3 Å². The van der Waals surface area contributed by atoms with E-state index < -0.39 is 0 Å². The molecule has 0 spiro atoms. The molecule has 0 aliphatic rings. The number of aromatic nitrogens is 1. The zero-order valence-corrected chi connectivity index (χ0v) is 9.89. The van der Waals surface area contributed by atoms with E-state index in [1.54, 1.807) is 19.4 Å². The van der Waals surface area contributed by atoms with Crippen LogP contribution in [0.1, 0.15) is 11.3 Å². The van der Waals surface area contributed by atoms with Gasteiger partial charge in [-0.2, -0.15) is 5.26 Å². The lowest BCUT2D eigenvalue weighted by molar-refractivity contribution is 0.0199. The van der Waals surface area contributed by atoms with Gasteiger partial charge < -0.3 is 14.2 Å². The van der Waals surface area contributed by atoms with Gasteiger partial charge in [0.15, 0.2) is 0 Å². The first-order valence-electron chi connectivity index (χ1n) is 5.36. The minimum absolute atomic E-state index is 0.405. The van der Waals surface area contributed by atoms with Crippen LogP contribution in [0.4, 0.5) is 0 Å². The second-order valence-electron chi connectivity index (χ2n) is 3.32. The molecule has 5 nitrogen and oxygen atoms in total. The van der Waals surface area contributed by atoms with Gasteiger partial charge in [-0.05, 0) is 17.7 Å². The number of methoxy groups -OCH3 is 1. The predicted molar refractivity (Wildman–Crippen MR) is 61.3 cm³/mol. The summed E-state index contributed by atoms with van der Waals surface area (Å²) in [5, 5.41) is 8.67. The maximum Gasteiger partial charge on any atom is 0.140 e. The van der Waals surface area contributed by atoms with Crippen molar-refractivity contribution >= 4 is 0 Å². The van der Waals surface area contributed by atoms with E-state index in [9.17, 15) is 0 Å². The molecule has 0 radical (unpaired) electrons. The Labute approximate surface area is 101 Å². The molecule has 0 amide bonds. The summed E-state index contributed by atoms with van der Waals surface area (Å²) in [7, 11) is 1.63. The Kier molecular flexibility index (Phi) is 6.91. The Morgan fingerprint density at radius 1 is 1.24 bits per heavy atom. The fourth-order valence-electron chi connectivity index (χ4n) is 1.18. The summed E-state index contributed by atoms with van der Waals surface area (Å²) in [6, 6.07) is 5.53. The molecular weight excluding hydrogens is 220 g/mol. The Hall–Kier alpha value is -1.48. The highest BCUT2D eigenvalue weighted by atomic mass is 16.5. The summed E-state index contributed by atoms with van der Waals surface area (Å²) in [6.45, 7) is 2.70. The molecule has 0 saturated heterocycles. The zero-order chi connectivity index (χ0) is 12.3. The van der Waals surface area contributed by atoms with Crippen molar-refractivity contribution in [3.05, 3.63) is 29.6 Å². The zero-order valence-electron chi connectivity index (χ0n) is 9.89. The summed E-state index contributed by atoms with van der Waals surface area (Å²) < 4.78 is 15.5. The second kappa shape index (κ2) is 8.65. The Balaban J connectivity index is 2.12. The lowest BCUT2D eigenvalue weighted by Crippen LogP contribution is -2.08. The summed E-state index contributed by atoms with van der Waals surface area (Å²) in [4.78, 5) is 3.88. The van der Waals surface area contributed by atoms with Crippen molar-refractivity contribution in [1.82, 2.24) is 4.98 Å². The van der Waals surface area contributed by atoms with Gasteiger partial charge in [0.2, 0.25) is 0 Å². The third kappa shape index (κ3) is 5.97. The Bertz CT molecular complexity index is 363. The van der Waals surface area contributed by atoms with Crippen molar-refractivity contribution in [2.24, 2.45) is 0 Å². The van der Waals surface area contributed by atoms with Crippen molar-refractivity contribution in [3.8, 4) is 6.07 Å². The smallest absolute Gasteiger partial charge is 0.140 e. The van der Waals surface area contributed by atoms with Crippen molar-refractivity contribution in [3.63, 3.8) is 0 Å². The van der Waals surface area contributed by atoms with E-state index in [0.717, 1.165) is 5.56 Å². The van der Waals surface area contributed by atoms with Crippen molar-refractivity contribution in [2.45, 2.75) is 6.61 Å². The minimum atomic E-state index is 0.405. The van der Waals surface area contributed by atoms with Crippen LogP contribution in [-0.2, 0) is 20.8 Å². The first kappa shape index (κ1) is 13.6. The molecule has 0 bridgehead atoms. The minimum Gasteiger partial charge on any atom is -0.382 e. The molecule has 1 heterocycles. The predicted octanol–water partition coefficient (Wildman–Crippen LogP) is 1.13. The molecule has 0 atom stereocenters. The normalized spacial score (nSPS) is 10.1. The maximum absolute atomic E-state index is 8.67. The number of hydrogen-bond donors (Lipinski definition) is 0. The summed E-state index contributed by atoms with van der Waals surface area (Å²) in [5.74, 6) is 0. The first-order valence-corrected chi connectivity index (χ1v) is 5.36. The fraction of sp³-hybridized carbons (Fsp3) is 0.500. The number of ether oxygens (including phenoxy) is 3. The molecule has 1 aromatic heterocycles. The van der Waals surface area contributed by atoms with Crippen LogP contribution in [-0.4, -0.2) is 38.5 Å². The third-order valence-corrected chi connectivity index (χ3v) is 2.01. The number of rotatable bonds is 8. The van der Waals surface area contributed by atoms with Crippen LogP contribution in [0.15, 0.2) is 18.3 Å². The van der Waals surface area contributed by atoms with E-state index in [0.29, 0.717) is 38.7 Å². The molecule has 1 aromatic rings. The number of nitriles is 1. The highest BCUT2D eigenvalue weighted by Gasteiger charge is 1.96. The van der Waals surface area contributed by atoms with Crippen LogP contribution in [0.2, 0.25) is 0 Å². The lowest BCUT2D eigenvalue weighted by Gasteiger charge is -2.05. The molecule has 0 fully saturated rings. The van der Waals surface area contributed by atoms with Crippen molar-refractivity contribution in [1.29, 1.82) is 5.26 Å². The first-order chi connectivity index (χ1) is 8.36.